The highest BCUT2D eigenvalue weighted by Gasteiger charge is 2.41. The van der Waals surface area contributed by atoms with Crippen LogP contribution < -0.4 is 0 Å². The van der Waals surface area contributed by atoms with Crippen molar-refractivity contribution in [3.05, 3.63) is 24.3 Å². The molecule has 0 saturated carbocycles. The fourth-order valence-corrected chi connectivity index (χ4v) is 1.26. The van der Waals surface area contributed by atoms with Crippen molar-refractivity contribution in [3.8, 4) is 0 Å². The van der Waals surface area contributed by atoms with E-state index in [9.17, 15) is 0 Å². The number of allylic oxidation sites excluding steroid dienone is 4. The fraction of sp³-hybridized carbons (Fsp3) is 0.375. The third-order valence-electron chi connectivity index (χ3n) is 1.93. The third kappa shape index (κ3) is 2.19. The summed E-state index contributed by atoms with van der Waals surface area (Å²) in [5.41, 5.74) is -0.224. The predicted molar refractivity (Wildman–Crippen MR) is 55.9 cm³/mol. The molecule has 5 heteroatoms. The molecule has 0 atom stereocenters. The summed E-state index contributed by atoms with van der Waals surface area (Å²) in [5, 5.41) is 11.5. The summed E-state index contributed by atoms with van der Waals surface area (Å²) in [6.45, 7) is 1.78. The first-order valence-corrected chi connectivity index (χ1v) is 4.70. The summed E-state index contributed by atoms with van der Waals surface area (Å²) in [6.07, 6.45) is 6.58. The van der Waals surface area contributed by atoms with E-state index < -0.39 is 9.21 Å². The Morgan fingerprint density at radius 3 is 2.08 bits per heavy atom. The van der Waals surface area contributed by atoms with Gasteiger partial charge < -0.3 is 5.21 Å². The standard InChI is InChI=1S/C8H8Cl3NO/c1-7(8(9,10)11)4-2-6(12-13)3-5-7/h2-5,13H,1H3. The molecule has 2 nitrogen and oxygen atoms in total. The number of nitrogens with zero attached hydrogens (tertiary/aromatic N) is 1. The Bertz CT molecular complexity index is 272. The van der Waals surface area contributed by atoms with Crippen molar-refractivity contribution in [2.45, 2.75) is 10.7 Å². The van der Waals surface area contributed by atoms with Gasteiger partial charge in [0.25, 0.3) is 0 Å². The molecule has 0 spiro atoms. The highest BCUT2D eigenvalue weighted by molar-refractivity contribution is 6.68. The maximum absolute atomic E-state index is 8.45. The van der Waals surface area contributed by atoms with Gasteiger partial charge in [0, 0.05) is 0 Å². The number of alkyl halides is 3. The van der Waals surface area contributed by atoms with E-state index in [-0.39, 0.29) is 0 Å². The summed E-state index contributed by atoms with van der Waals surface area (Å²) < 4.78 is -1.40. The van der Waals surface area contributed by atoms with Crippen molar-refractivity contribution in [1.82, 2.24) is 0 Å². The molecule has 0 amide bonds. The van der Waals surface area contributed by atoms with Crippen LogP contribution in [0.5, 0.6) is 0 Å². The van der Waals surface area contributed by atoms with Gasteiger partial charge in [-0.25, -0.2) is 0 Å². The van der Waals surface area contributed by atoms with Crippen molar-refractivity contribution in [2.24, 2.45) is 10.6 Å². The van der Waals surface area contributed by atoms with Gasteiger partial charge in [-0.1, -0.05) is 52.1 Å². The Labute approximate surface area is 91.5 Å². The molecule has 0 heterocycles. The quantitative estimate of drug-likeness (QED) is 0.393. The zero-order chi connectivity index (χ0) is 10.1. The minimum Gasteiger partial charge on any atom is -0.410 e. The first kappa shape index (κ1) is 10.9. The van der Waals surface area contributed by atoms with Crippen LogP contribution in [0.15, 0.2) is 29.5 Å². The lowest BCUT2D eigenvalue weighted by Crippen LogP contribution is -2.29. The molecule has 0 aromatic carbocycles. The second-order valence-electron chi connectivity index (χ2n) is 2.97. The molecule has 0 aliphatic heterocycles. The molecule has 0 fully saturated rings. The van der Waals surface area contributed by atoms with Crippen LogP contribution in [-0.2, 0) is 0 Å². The van der Waals surface area contributed by atoms with Crippen molar-refractivity contribution >= 4 is 40.5 Å². The van der Waals surface area contributed by atoms with E-state index >= 15 is 0 Å². The van der Waals surface area contributed by atoms with Gasteiger partial charge in [0.05, 0.1) is 5.41 Å². The molecule has 0 saturated heterocycles. The van der Waals surface area contributed by atoms with Crippen LogP contribution in [-0.4, -0.2) is 14.7 Å². The third-order valence-corrected chi connectivity index (χ3v) is 3.15. The molecular weight excluding hydrogens is 232 g/mol. The van der Waals surface area contributed by atoms with E-state index in [1.807, 2.05) is 0 Å². The second-order valence-corrected chi connectivity index (χ2v) is 5.25. The molecule has 1 aliphatic carbocycles. The first-order valence-electron chi connectivity index (χ1n) is 3.56. The number of hydrogen-bond donors (Lipinski definition) is 1. The van der Waals surface area contributed by atoms with Gasteiger partial charge in [0.15, 0.2) is 0 Å². The number of oxime groups is 1. The lowest BCUT2D eigenvalue weighted by atomic mass is 9.87. The largest absolute Gasteiger partial charge is 0.410 e. The molecule has 0 radical (unpaired) electrons. The van der Waals surface area contributed by atoms with Crippen molar-refractivity contribution in [3.63, 3.8) is 0 Å². The smallest absolute Gasteiger partial charge is 0.202 e. The minimum absolute atomic E-state index is 0.437. The first-order chi connectivity index (χ1) is 5.89. The van der Waals surface area contributed by atoms with Gasteiger partial charge in [0.1, 0.15) is 5.71 Å². The van der Waals surface area contributed by atoms with Crippen LogP contribution in [0, 0.1) is 5.41 Å². The van der Waals surface area contributed by atoms with Crippen LogP contribution in [0.25, 0.3) is 0 Å². The van der Waals surface area contributed by atoms with Crippen molar-refractivity contribution in [2.75, 3.05) is 0 Å². The van der Waals surface area contributed by atoms with Crippen molar-refractivity contribution in [1.29, 1.82) is 0 Å². The molecule has 13 heavy (non-hydrogen) atoms. The Balaban J connectivity index is 2.96. The van der Waals surface area contributed by atoms with Gasteiger partial charge in [0.2, 0.25) is 3.79 Å². The van der Waals surface area contributed by atoms with E-state index in [1.165, 1.54) is 0 Å². The summed E-state index contributed by atoms with van der Waals surface area (Å²) in [4.78, 5) is 0. The number of rotatable bonds is 0. The minimum atomic E-state index is -1.40. The summed E-state index contributed by atoms with van der Waals surface area (Å²) in [7, 11) is 0. The predicted octanol–water partition coefficient (Wildman–Crippen LogP) is 3.32. The average molecular weight is 241 g/mol. The van der Waals surface area contributed by atoms with Crippen LogP contribution in [0.1, 0.15) is 6.92 Å². The molecule has 72 valence electrons. The van der Waals surface area contributed by atoms with E-state index in [4.69, 9.17) is 40.0 Å². The van der Waals surface area contributed by atoms with E-state index in [2.05, 4.69) is 5.16 Å². The van der Waals surface area contributed by atoms with Gasteiger partial charge in [-0.3, -0.25) is 0 Å². The zero-order valence-electron chi connectivity index (χ0n) is 6.84. The Kier molecular flexibility index (Phi) is 2.95. The lowest BCUT2D eigenvalue weighted by Gasteiger charge is -2.31. The number of hydrogen-bond acceptors (Lipinski definition) is 2. The van der Waals surface area contributed by atoms with Crippen LogP contribution >= 0.6 is 34.8 Å². The highest BCUT2D eigenvalue weighted by atomic mass is 35.6. The number of halogens is 3. The van der Waals surface area contributed by atoms with Crippen LogP contribution in [0.3, 0.4) is 0 Å². The molecule has 0 aromatic rings. The second kappa shape index (κ2) is 3.52. The maximum atomic E-state index is 8.45. The normalized spacial score (nSPS) is 27.8. The zero-order valence-corrected chi connectivity index (χ0v) is 9.11. The Morgan fingerprint density at radius 1 is 1.31 bits per heavy atom. The lowest BCUT2D eigenvalue weighted by molar-refractivity contribution is 0.320. The molecule has 1 rings (SSSR count). The molecular formula is C8H8Cl3NO. The molecule has 1 aliphatic rings. The van der Waals surface area contributed by atoms with Gasteiger partial charge >= 0.3 is 0 Å². The summed E-state index contributed by atoms with van der Waals surface area (Å²) in [5.74, 6) is 0. The summed E-state index contributed by atoms with van der Waals surface area (Å²) >= 11 is 17.3. The average Bonchev–Trinajstić information content (AvgIpc) is 2.04. The van der Waals surface area contributed by atoms with Crippen molar-refractivity contribution < 1.29 is 5.21 Å². The highest BCUT2D eigenvalue weighted by Crippen LogP contribution is 2.47. The monoisotopic (exact) mass is 239 g/mol. The SMILES string of the molecule is CC1(C(Cl)(Cl)Cl)C=CC(=NO)C=C1. The van der Waals surface area contributed by atoms with E-state index in [0.717, 1.165) is 0 Å². The maximum Gasteiger partial charge on any atom is 0.202 e. The van der Waals surface area contributed by atoms with E-state index in [0.29, 0.717) is 5.71 Å². The van der Waals surface area contributed by atoms with Gasteiger partial charge in [-0.05, 0) is 19.1 Å². The molecule has 1 N–H and O–H groups in total. The summed E-state index contributed by atoms with van der Waals surface area (Å²) in [6, 6.07) is 0. The van der Waals surface area contributed by atoms with Gasteiger partial charge in [-0.15, -0.1) is 0 Å². The van der Waals surface area contributed by atoms with Gasteiger partial charge in [-0.2, -0.15) is 0 Å². The van der Waals surface area contributed by atoms with E-state index in [1.54, 1.807) is 31.2 Å². The molecule has 0 bridgehead atoms. The van der Waals surface area contributed by atoms with Crippen LogP contribution in [0.2, 0.25) is 0 Å². The Morgan fingerprint density at radius 2 is 1.77 bits per heavy atom. The van der Waals surface area contributed by atoms with Crippen LogP contribution in [0.4, 0.5) is 0 Å². The Hall–Kier alpha value is -0.180. The molecule has 0 aromatic heterocycles. The topological polar surface area (TPSA) is 32.6 Å². The fourth-order valence-electron chi connectivity index (χ4n) is 0.884. The molecule has 0 unspecified atom stereocenters.